The molecule has 0 saturated heterocycles. The van der Waals surface area contributed by atoms with Gasteiger partial charge >= 0.3 is 12.4 Å². The minimum atomic E-state index is -4.90. The number of H-pyrrole nitrogens is 1. The topological polar surface area (TPSA) is 28.7 Å². The Labute approximate surface area is 109 Å². The van der Waals surface area contributed by atoms with E-state index in [9.17, 15) is 26.3 Å². The molecule has 0 bridgehead atoms. The zero-order valence-electron chi connectivity index (χ0n) is 10.0. The molecule has 0 unspecified atom stereocenters. The van der Waals surface area contributed by atoms with Gasteiger partial charge in [-0.1, -0.05) is 0 Å². The summed E-state index contributed by atoms with van der Waals surface area (Å²) in [6.07, 6.45) is -8.55. The van der Waals surface area contributed by atoms with Gasteiger partial charge in [-0.05, 0) is 30.7 Å². The maximum absolute atomic E-state index is 12.8. The van der Waals surface area contributed by atoms with Gasteiger partial charge in [-0.25, -0.2) is 0 Å². The number of rotatable bonds is 1. The maximum Gasteiger partial charge on any atom is 0.431 e. The van der Waals surface area contributed by atoms with Gasteiger partial charge < -0.3 is 4.98 Å². The van der Waals surface area contributed by atoms with Crippen molar-refractivity contribution in [3.05, 3.63) is 41.2 Å². The molecule has 8 heteroatoms. The van der Waals surface area contributed by atoms with Crippen LogP contribution in [0.3, 0.4) is 0 Å². The van der Waals surface area contributed by atoms with E-state index < -0.39 is 29.3 Å². The largest absolute Gasteiger partial charge is 0.431 e. The van der Waals surface area contributed by atoms with Crippen molar-refractivity contribution in [1.29, 1.82) is 0 Å². The molecule has 2 aromatic rings. The van der Waals surface area contributed by atoms with Crippen molar-refractivity contribution in [2.45, 2.75) is 19.3 Å². The molecule has 0 spiro atoms. The number of alkyl halides is 6. The Balaban J connectivity index is 2.65. The maximum atomic E-state index is 12.8. The lowest BCUT2D eigenvalue weighted by Gasteiger charge is -2.07. The summed E-state index contributed by atoms with van der Waals surface area (Å²) >= 11 is 0. The number of pyridine rings is 1. The van der Waals surface area contributed by atoms with E-state index in [0.717, 1.165) is 0 Å². The summed E-state index contributed by atoms with van der Waals surface area (Å²) in [5.41, 5.74) is -3.13. The number of nitrogens with zero attached hydrogens (tertiary/aromatic N) is 1. The van der Waals surface area contributed by atoms with E-state index in [4.69, 9.17) is 0 Å². The SMILES string of the molecule is Cc1ccnc(-c2[nH]c(C(F)(F)F)cc2C(F)(F)F)c1. The van der Waals surface area contributed by atoms with Crippen LogP contribution in [0.25, 0.3) is 11.4 Å². The van der Waals surface area contributed by atoms with E-state index in [0.29, 0.717) is 5.56 Å². The van der Waals surface area contributed by atoms with Crippen LogP contribution in [0.5, 0.6) is 0 Å². The average Bonchev–Trinajstić information content (AvgIpc) is 2.72. The van der Waals surface area contributed by atoms with Gasteiger partial charge in [0, 0.05) is 6.20 Å². The Bertz CT molecular complexity index is 624. The first-order chi connectivity index (χ1) is 9.09. The molecule has 0 aliphatic rings. The molecule has 0 fully saturated rings. The van der Waals surface area contributed by atoms with Gasteiger partial charge in [-0.15, -0.1) is 0 Å². The molecule has 20 heavy (non-hydrogen) atoms. The quantitative estimate of drug-likeness (QED) is 0.775. The zero-order chi connectivity index (χ0) is 15.1. The fraction of sp³-hybridized carbons (Fsp3) is 0.250. The van der Waals surface area contributed by atoms with Crippen LogP contribution >= 0.6 is 0 Å². The zero-order valence-corrected chi connectivity index (χ0v) is 10.0. The second kappa shape index (κ2) is 4.53. The lowest BCUT2D eigenvalue weighted by Crippen LogP contribution is -2.06. The molecule has 0 amide bonds. The number of aryl methyl sites for hydroxylation is 1. The normalized spacial score (nSPS) is 12.8. The third-order valence-corrected chi connectivity index (χ3v) is 2.60. The Morgan fingerprint density at radius 3 is 2.15 bits per heavy atom. The van der Waals surface area contributed by atoms with Crippen LogP contribution in [-0.4, -0.2) is 9.97 Å². The number of halogens is 6. The van der Waals surface area contributed by atoms with E-state index in [1.165, 1.54) is 18.3 Å². The predicted octanol–water partition coefficient (Wildman–Crippen LogP) is 4.42. The summed E-state index contributed by atoms with van der Waals surface area (Å²) in [7, 11) is 0. The van der Waals surface area contributed by atoms with Gasteiger partial charge in [0.2, 0.25) is 0 Å². The third-order valence-electron chi connectivity index (χ3n) is 2.60. The lowest BCUT2D eigenvalue weighted by molar-refractivity contribution is -0.142. The molecule has 2 aromatic heterocycles. The first-order valence-corrected chi connectivity index (χ1v) is 5.39. The summed E-state index contributed by atoms with van der Waals surface area (Å²) in [5, 5.41) is 0. The summed E-state index contributed by atoms with van der Waals surface area (Å²) < 4.78 is 76.1. The van der Waals surface area contributed by atoms with Crippen molar-refractivity contribution in [2.75, 3.05) is 0 Å². The number of hydrogen-bond donors (Lipinski definition) is 1. The van der Waals surface area contributed by atoms with E-state index in [2.05, 4.69) is 4.98 Å². The Kier molecular flexibility index (Phi) is 3.27. The number of aromatic amines is 1. The van der Waals surface area contributed by atoms with Gasteiger partial charge in [-0.3, -0.25) is 4.98 Å². The van der Waals surface area contributed by atoms with Crippen LogP contribution < -0.4 is 0 Å². The third kappa shape index (κ3) is 2.78. The van der Waals surface area contributed by atoms with Crippen LogP contribution in [-0.2, 0) is 12.4 Å². The molecule has 2 heterocycles. The molecule has 0 aliphatic carbocycles. The summed E-state index contributed by atoms with van der Waals surface area (Å²) in [4.78, 5) is 5.45. The van der Waals surface area contributed by atoms with Gasteiger partial charge in [0.05, 0.1) is 17.0 Å². The van der Waals surface area contributed by atoms with Crippen molar-refractivity contribution in [2.24, 2.45) is 0 Å². The summed E-state index contributed by atoms with van der Waals surface area (Å²) in [6.45, 7) is 1.60. The first kappa shape index (κ1) is 14.4. The molecule has 0 aromatic carbocycles. The predicted molar refractivity (Wildman–Crippen MR) is 58.8 cm³/mol. The van der Waals surface area contributed by atoms with E-state index in [-0.39, 0.29) is 11.8 Å². The second-order valence-electron chi connectivity index (χ2n) is 4.19. The van der Waals surface area contributed by atoms with Crippen molar-refractivity contribution in [3.8, 4) is 11.4 Å². The van der Waals surface area contributed by atoms with Gasteiger partial charge in [-0.2, -0.15) is 26.3 Å². The molecule has 0 saturated carbocycles. The highest BCUT2D eigenvalue weighted by molar-refractivity contribution is 5.62. The van der Waals surface area contributed by atoms with Gasteiger partial charge in [0.25, 0.3) is 0 Å². The Hall–Kier alpha value is -1.99. The molecule has 1 N–H and O–H groups in total. The molecular formula is C12H8F6N2. The van der Waals surface area contributed by atoms with Crippen LogP contribution in [0, 0.1) is 6.92 Å². The van der Waals surface area contributed by atoms with Gasteiger partial charge in [0.1, 0.15) is 5.69 Å². The smallest absolute Gasteiger partial charge is 0.349 e. The lowest BCUT2D eigenvalue weighted by atomic mass is 10.1. The van der Waals surface area contributed by atoms with Crippen LogP contribution in [0.15, 0.2) is 24.4 Å². The molecule has 0 radical (unpaired) electrons. The Morgan fingerprint density at radius 1 is 1.00 bits per heavy atom. The molecule has 108 valence electrons. The number of aromatic nitrogens is 2. The fourth-order valence-electron chi connectivity index (χ4n) is 1.71. The van der Waals surface area contributed by atoms with Crippen molar-refractivity contribution in [3.63, 3.8) is 0 Å². The standard InChI is InChI=1S/C12H8F6N2/c1-6-2-3-19-8(4-6)10-7(11(13,14)15)5-9(20-10)12(16,17)18/h2-5,20H,1H3. The van der Waals surface area contributed by atoms with E-state index in [1.807, 2.05) is 0 Å². The minimum Gasteiger partial charge on any atom is -0.349 e. The van der Waals surface area contributed by atoms with Gasteiger partial charge in [0.15, 0.2) is 0 Å². The molecule has 0 atom stereocenters. The molecular weight excluding hydrogens is 286 g/mol. The Morgan fingerprint density at radius 2 is 1.65 bits per heavy atom. The van der Waals surface area contributed by atoms with Crippen molar-refractivity contribution in [1.82, 2.24) is 9.97 Å². The molecule has 2 nitrogen and oxygen atoms in total. The van der Waals surface area contributed by atoms with E-state index in [1.54, 1.807) is 11.9 Å². The number of hydrogen-bond acceptors (Lipinski definition) is 1. The monoisotopic (exact) mass is 294 g/mol. The average molecular weight is 294 g/mol. The summed E-state index contributed by atoms with van der Waals surface area (Å²) in [5.74, 6) is 0. The summed E-state index contributed by atoms with van der Waals surface area (Å²) in [6, 6.07) is 2.87. The van der Waals surface area contributed by atoms with Crippen LogP contribution in [0.1, 0.15) is 16.8 Å². The highest BCUT2D eigenvalue weighted by Gasteiger charge is 2.41. The van der Waals surface area contributed by atoms with E-state index >= 15 is 0 Å². The highest BCUT2D eigenvalue weighted by atomic mass is 19.4. The van der Waals surface area contributed by atoms with Crippen LogP contribution in [0.2, 0.25) is 0 Å². The van der Waals surface area contributed by atoms with Crippen molar-refractivity contribution >= 4 is 0 Å². The second-order valence-corrected chi connectivity index (χ2v) is 4.19. The van der Waals surface area contributed by atoms with Crippen LogP contribution in [0.4, 0.5) is 26.3 Å². The number of nitrogens with one attached hydrogen (secondary N) is 1. The molecule has 0 aliphatic heterocycles. The molecule has 2 rings (SSSR count). The highest BCUT2D eigenvalue weighted by Crippen LogP contribution is 2.40. The van der Waals surface area contributed by atoms with Crippen molar-refractivity contribution < 1.29 is 26.3 Å². The minimum absolute atomic E-state index is 0.0549. The first-order valence-electron chi connectivity index (χ1n) is 5.39. The fourth-order valence-corrected chi connectivity index (χ4v) is 1.71.